The van der Waals surface area contributed by atoms with Crippen LogP contribution < -0.4 is 10.2 Å². The maximum Gasteiger partial charge on any atom is 0.194 e. The highest BCUT2D eigenvalue weighted by Gasteiger charge is 2.20. The molecule has 33 heavy (non-hydrogen) atoms. The van der Waals surface area contributed by atoms with Crippen molar-refractivity contribution in [3.8, 4) is 0 Å². The summed E-state index contributed by atoms with van der Waals surface area (Å²) >= 11 is 0. The van der Waals surface area contributed by atoms with Gasteiger partial charge in [0.15, 0.2) is 11.8 Å². The van der Waals surface area contributed by atoms with Crippen molar-refractivity contribution in [2.45, 2.75) is 33.7 Å². The Morgan fingerprint density at radius 2 is 1.82 bits per heavy atom. The van der Waals surface area contributed by atoms with Crippen molar-refractivity contribution in [1.29, 1.82) is 0 Å². The lowest BCUT2D eigenvalue weighted by Gasteiger charge is -2.37. The number of hydrogen-bond acceptors (Lipinski definition) is 5. The third-order valence-corrected chi connectivity index (χ3v) is 6.00. The van der Waals surface area contributed by atoms with E-state index in [0.29, 0.717) is 12.5 Å². The minimum Gasteiger partial charge on any atom is -0.375 e. The van der Waals surface area contributed by atoms with E-state index in [1.807, 2.05) is 18.5 Å². The van der Waals surface area contributed by atoms with Gasteiger partial charge in [-0.25, -0.2) is 4.99 Å². The van der Waals surface area contributed by atoms with Crippen LogP contribution in [0.25, 0.3) is 0 Å². The van der Waals surface area contributed by atoms with E-state index in [1.165, 1.54) is 5.69 Å². The predicted molar refractivity (Wildman–Crippen MR) is 147 cm³/mol. The number of rotatable bonds is 9. The number of nitrogens with zero attached hydrogens (tertiary/aromatic N) is 7. The molecule has 184 valence electrons. The Hall–Kier alpha value is -1.88. The van der Waals surface area contributed by atoms with Crippen molar-refractivity contribution in [3.63, 3.8) is 0 Å². The van der Waals surface area contributed by atoms with Gasteiger partial charge in [0, 0.05) is 65.6 Å². The molecule has 2 aromatic rings. The molecule has 0 spiro atoms. The van der Waals surface area contributed by atoms with Crippen molar-refractivity contribution in [2.75, 3.05) is 57.8 Å². The number of piperazine rings is 1. The number of hydrogen-bond donors (Lipinski definition) is 1. The molecule has 8 nitrogen and oxygen atoms in total. The van der Waals surface area contributed by atoms with Gasteiger partial charge in [0.25, 0.3) is 0 Å². The van der Waals surface area contributed by atoms with E-state index in [9.17, 15) is 0 Å². The van der Waals surface area contributed by atoms with Gasteiger partial charge in [-0.2, -0.15) is 0 Å². The first-order chi connectivity index (χ1) is 15.4. The molecule has 0 unspecified atom stereocenters. The van der Waals surface area contributed by atoms with Crippen LogP contribution in [0.2, 0.25) is 0 Å². The van der Waals surface area contributed by atoms with Crippen molar-refractivity contribution >= 4 is 35.6 Å². The number of aliphatic imine (C=N–C) groups is 1. The Morgan fingerprint density at radius 3 is 2.42 bits per heavy atom. The summed E-state index contributed by atoms with van der Waals surface area (Å²) in [5.74, 6) is 3.49. The summed E-state index contributed by atoms with van der Waals surface area (Å²) in [5, 5.41) is 12.1. The fourth-order valence-corrected chi connectivity index (χ4v) is 3.99. The number of guanidine groups is 1. The number of para-hydroxylation sites is 1. The number of halogens is 1. The largest absolute Gasteiger partial charge is 0.375 e. The van der Waals surface area contributed by atoms with Crippen LogP contribution in [0.15, 0.2) is 35.3 Å². The average Bonchev–Trinajstić information content (AvgIpc) is 3.11. The summed E-state index contributed by atoms with van der Waals surface area (Å²) in [6.07, 6.45) is 1.04. The summed E-state index contributed by atoms with van der Waals surface area (Å²) in [6, 6.07) is 10.5. The molecule has 3 rings (SSSR count). The van der Waals surface area contributed by atoms with Gasteiger partial charge in [-0.05, 0) is 31.4 Å². The van der Waals surface area contributed by atoms with Crippen LogP contribution in [0.3, 0.4) is 0 Å². The monoisotopic (exact) mass is 568 g/mol. The summed E-state index contributed by atoms with van der Waals surface area (Å²) in [7, 11) is 4.14. The first-order valence-corrected chi connectivity index (χ1v) is 11.8. The molecule has 0 aliphatic carbocycles. The van der Waals surface area contributed by atoms with Crippen LogP contribution >= 0.6 is 24.0 Å². The standard InChI is InChI=1S/C24H40N8.HI/c1-20(2)19-31-14-16-32(17-15-31)24(26-18-23-28-27-21(3)30(23)5)25-12-9-13-29(4)22-10-7-6-8-11-22;/h6-8,10-11,20H,9,12-19H2,1-5H3,(H,25,26);1H. The highest BCUT2D eigenvalue weighted by atomic mass is 127. The Bertz CT molecular complexity index is 843. The minimum absolute atomic E-state index is 0. The van der Waals surface area contributed by atoms with E-state index in [1.54, 1.807) is 0 Å². The summed E-state index contributed by atoms with van der Waals surface area (Å²) in [5.41, 5.74) is 1.25. The Morgan fingerprint density at radius 1 is 1.12 bits per heavy atom. The number of aromatic nitrogens is 3. The molecular formula is C24H41IN8. The second kappa shape index (κ2) is 13.7. The number of aryl methyl sites for hydroxylation is 1. The Kier molecular flexibility index (Phi) is 11.4. The second-order valence-electron chi connectivity index (χ2n) is 9.08. The molecule has 9 heteroatoms. The number of anilines is 1. The molecule has 0 bridgehead atoms. The fraction of sp³-hybridized carbons (Fsp3) is 0.625. The zero-order chi connectivity index (χ0) is 22.9. The van der Waals surface area contributed by atoms with Crippen molar-refractivity contribution < 1.29 is 0 Å². The zero-order valence-corrected chi connectivity index (χ0v) is 23.2. The third-order valence-electron chi connectivity index (χ3n) is 6.00. The third kappa shape index (κ3) is 8.44. The molecule has 1 fully saturated rings. The second-order valence-corrected chi connectivity index (χ2v) is 9.08. The molecule has 1 aliphatic heterocycles. The Labute approximate surface area is 216 Å². The van der Waals surface area contributed by atoms with Crippen molar-refractivity contribution in [1.82, 2.24) is 29.9 Å². The van der Waals surface area contributed by atoms with E-state index in [0.717, 1.165) is 69.8 Å². The van der Waals surface area contributed by atoms with E-state index >= 15 is 0 Å². The maximum atomic E-state index is 4.93. The van der Waals surface area contributed by atoms with Crippen molar-refractivity contribution in [3.05, 3.63) is 42.0 Å². The predicted octanol–water partition coefficient (Wildman–Crippen LogP) is 2.99. The molecule has 1 aromatic heterocycles. The van der Waals surface area contributed by atoms with E-state index in [-0.39, 0.29) is 24.0 Å². The Balaban J connectivity index is 0.00000385. The van der Waals surface area contributed by atoms with Crippen LogP contribution in [0.1, 0.15) is 31.9 Å². The van der Waals surface area contributed by atoms with Crippen LogP contribution in [0.4, 0.5) is 5.69 Å². The number of nitrogens with one attached hydrogen (secondary N) is 1. The lowest BCUT2D eigenvalue weighted by Crippen LogP contribution is -2.53. The molecule has 0 amide bonds. The van der Waals surface area contributed by atoms with Gasteiger partial charge in [0.2, 0.25) is 0 Å². The van der Waals surface area contributed by atoms with Crippen LogP contribution in [-0.2, 0) is 13.6 Å². The van der Waals surface area contributed by atoms with Gasteiger partial charge in [0.05, 0.1) is 0 Å². The zero-order valence-electron chi connectivity index (χ0n) is 20.9. The van der Waals surface area contributed by atoms with Gasteiger partial charge < -0.3 is 19.7 Å². The number of benzene rings is 1. The summed E-state index contributed by atoms with van der Waals surface area (Å²) in [6.45, 7) is 14.3. The minimum atomic E-state index is 0. The van der Waals surface area contributed by atoms with E-state index in [2.05, 4.69) is 81.4 Å². The van der Waals surface area contributed by atoms with Gasteiger partial charge in [-0.15, -0.1) is 34.2 Å². The topological polar surface area (TPSA) is 64.8 Å². The van der Waals surface area contributed by atoms with Crippen LogP contribution in [-0.4, -0.2) is 83.4 Å². The quantitative estimate of drug-likeness (QED) is 0.217. The van der Waals surface area contributed by atoms with E-state index < -0.39 is 0 Å². The summed E-state index contributed by atoms with van der Waals surface area (Å²) in [4.78, 5) is 12.2. The molecule has 1 N–H and O–H groups in total. The summed E-state index contributed by atoms with van der Waals surface area (Å²) < 4.78 is 2.01. The van der Waals surface area contributed by atoms with Gasteiger partial charge >= 0.3 is 0 Å². The average molecular weight is 569 g/mol. The molecule has 1 saturated heterocycles. The van der Waals surface area contributed by atoms with Gasteiger partial charge in [0.1, 0.15) is 12.4 Å². The molecule has 1 aromatic carbocycles. The lowest BCUT2D eigenvalue weighted by atomic mass is 10.2. The first kappa shape index (κ1) is 27.4. The molecule has 1 aliphatic rings. The molecule has 0 radical (unpaired) electrons. The fourth-order valence-electron chi connectivity index (χ4n) is 3.99. The van der Waals surface area contributed by atoms with Crippen LogP contribution in [0, 0.1) is 12.8 Å². The maximum absolute atomic E-state index is 4.93. The first-order valence-electron chi connectivity index (χ1n) is 11.8. The molecule has 0 saturated carbocycles. The SMILES string of the molecule is Cc1nnc(CN=C(NCCCN(C)c2ccccc2)N2CCN(CC(C)C)CC2)n1C.I. The molecule has 0 atom stereocenters. The molecule has 2 heterocycles. The normalized spacial score (nSPS) is 15.0. The lowest BCUT2D eigenvalue weighted by molar-refractivity contribution is 0.164. The van der Waals surface area contributed by atoms with E-state index in [4.69, 9.17) is 4.99 Å². The van der Waals surface area contributed by atoms with Gasteiger partial charge in [-0.3, -0.25) is 4.90 Å². The van der Waals surface area contributed by atoms with Crippen LogP contribution in [0.5, 0.6) is 0 Å². The highest BCUT2D eigenvalue weighted by molar-refractivity contribution is 14.0. The van der Waals surface area contributed by atoms with Gasteiger partial charge in [-0.1, -0.05) is 32.0 Å². The molecular weight excluding hydrogens is 527 g/mol. The smallest absolute Gasteiger partial charge is 0.194 e. The van der Waals surface area contributed by atoms with Crippen molar-refractivity contribution in [2.24, 2.45) is 18.0 Å². The highest BCUT2D eigenvalue weighted by Crippen LogP contribution is 2.11.